The molecule has 0 bridgehead atoms. The maximum atomic E-state index is 12.9. The second-order valence-corrected chi connectivity index (χ2v) is 8.00. The van der Waals surface area contributed by atoms with Gasteiger partial charge in [-0.3, -0.25) is 24.2 Å². The molecule has 1 aromatic heterocycles. The maximum absolute atomic E-state index is 12.9. The molecule has 0 spiro atoms. The number of carboxylic acid groups (broad SMARTS) is 2. The Hall–Kier alpha value is -3.86. The first-order valence-electron chi connectivity index (χ1n) is 10.7. The van der Waals surface area contributed by atoms with Crippen molar-refractivity contribution in [2.45, 2.75) is 49.9 Å². The minimum atomic E-state index is -1.42. The predicted octanol–water partition coefficient (Wildman–Crippen LogP) is -3.72. The third-order valence-electron chi connectivity index (χ3n) is 4.72. The molecule has 4 atom stereocenters. The summed E-state index contributed by atoms with van der Waals surface area (Å²) in [6, 6.07) is -5.21. The number of thiol groups is 1. The molecule has 0 saturated carbocycles. The van der Waals surface area contributed by atoms with E-state index in [9.17, 15) is 29.1 Å². The van der Waals surface area contributed by atoms with Crippen LogP contribution in [0.2, 0.25) is 0 Å². The van der Waals surface area contributed by atoms with Crippen molar-refractivity contribution >= 4 is 48.2 Å². The first-order chi connectivity index (χ1) is 16.9. The maximum Gasteiger partial charge on any atom is 0.326 e. The van der Waals surface area contributed by atoms with Crippen molar-refractivity contribution in [2.75, 3.05) is 12.3 Å². The molecule has 36 heavy (non-hydrogen) atoms. The minimum Gasteiger partial charge on any atom is -0.481 e. The van der Waals surface area contributed by atoms with Gasteiger partial charge in [-0.15, -0.1) is 0 Å². The number of carbonyl (C=O) groups excluding carboxylic acids is 3. The highest BCUT2D eigenvalue weighted by Gasteiger charge is 2.30. The van der Waals surface area contributed by atoms with Crippen LogP contribution in [0.1, 0.15) is 25.0 Å². The minimum absolute atomic E-state index is 0.0205. The Bertz CT molecular complexity index is 938. The third-order valence-corrected chi connectivity index (χ3v) is 5.08. The number of nitrogens with zero attached hydrogens (tertiary/aromatic N) is 2. The quantitative estimate of drug-likeness (QED) is 0.0430. The van der Waals surface area contributed by atoms with Crippen molar-refractivity contribution < 1.29 is 34.2 Å². The van der Waals surface area contributed by atoms with Gasteiger partial charge in [0.1, 0.15) is 18.1 Å². The number of rotatable bonds is 16. The van der Waals surface area contributed by atoms with Gasteiger partial charge in [-0.05, 0) is 12.8 Å². The average molecular weight is 530 g/mol. The summed E-state index contributed by atoms with van der Waals surface area (Å²) in [7, 11) is 0. The smallest absolute Gasteiger partial charge is 0.326 e. The number of aromatic amines is 1. The van der Waals surface area contributed by atoms with E-state index in [0.717, 1.165) is 0 Å². The summed E-state index contributed by atoms with van der Waals surface area (Å²) in [6.07, 6.45) is 2.28. The molecule has 1 rings (SSSR count). The number of aliphatic imine (C=N–C) groups is 1. The van der Waals surface area contributed by atoms with Crippen molar-refractivity contribution in [1.82, 2.24) is 25.9 Å². The number of carbonyl (C=O) groups is 5. The second-order valence-electron chi connectivity index (χ2n) is 7.64. The summed E-state index contributed by atoms with van der Waals surface area (Å²) in [5.74, 6) is -5.49. The fourth-order valence-electron chi connectivity index (χ4n) is 2.89. The van der Waals surface area contributed by atoms with Crippen LogP contribution in [0.3, 0.4) is 0 Å². The molecule has 16 nitrogen and oxygen atoms in total. The predicted molar refractivity (Wildman–Crippen MR) is 130 cm³/mol. The Morgan fingerprint density at radius 1 is 1.03 bits per heavy atom. The van der Waals surface area contributed by atoms with E-state index < -0.39 is 60.2 Å². The number of nitrogens with one attached hydrogen (secondary N) is 4. The van der Waals surface area contributed by atoms with Crippen LogP contribution < -0.4 is 33.2 Å². The Balaban J connectivity index is 2.89. The summed E-state index contributed by atoms with van der Waals surface area (Å²) in [4.78, 5) is 70.6. The molecule has 200 valence electrons. The summed E-state index contributed by atoms with van der Waals surface area (Å²) in [6.45, 7) is 0.132. The summed E-state index contributed by atoms with van der Waals surface area (Å²) in [5.41, 5.74) is 16.6. The van der Waals surface area contributed by atoms with Gasteiger partial charge in [0.15, 0.2) is 5.96 Å². The van der Waals surface area contributed by atoms with Crippen molar-refractivity contribution in [3.05, 3.63) is 18.2 Å². The Labute approximate surface area is 211 Å². The van der Waals surface area contributed by atoms with Gasteiger partial charge in [0, 0.05) is 30.6 Å². The van der Waals surface area contributed by atoms with Gasteiger partial charge in [-0.1, -0.05) is 0 Å². The summed E-state index contributed by atoms with van der Waals surface area (Å²) < 4.78 is 0. The number of carboxylic acids is 2. The van der Waals surface area contributed by atoms with Crippen molar-refractivity contribution in [3.8, 4) is 0 Å². The first kappa shape index (κ1) is 30.2. The number of amides is 3. The van der Waals surface area contributed by atoms with Crippen LogP contribution in [0.5, 0.6) is 0 Å². The molecular formula is C19H31N9O7S. The lowest BCUT2D eigenvalue weighted by molar-refractivity contribution is -0.142. The molecule has 0 fully saturated rings. The molecule has 4 unspecified atom stereocenters. The lowest BCUT2D eigenvalue weighted by Crippen LogP contribution is -2.58. The lowest BCUT2D eigenvalue weighted by Gasteiger charge is -2.24. The summed E-state index contributed by atoms with van der Waals surface area (Å²) in [5, 5.41) is 25.4. The topological polar surface area (TPSA) is 281 Å². The van der Waals surface area contributed by atoms with Crippen LogP contribution in [0.15, 0.2) is 17.5 Å². The van der Waals surface area contributed by atoms with Crippen LogP contribution in [0.4, 0.5) is 0 Å². The Morgan fingerprint density at radius 2 is 1.64 bits per heavy atom. The zero-order chi connectivity index (χ0) is 27.3. The molecule has 0 aliphatic rings. The van der Waals surface area contributed by atoms with Crippen molar-refractivity contribution in [2.24, 2.45) is 22.2 Å². The van der Waals surface area contributed by atoms with E-state index in [1.165, 1.54) is 12.5 Å². The number of imidazole rings is 1. The molecular weight excluding hydrogens is 498 g/mol. The molecule has 0 radical (unpaired) electrons. The van der Waals surface area contributed by atoms with Crippen LogP contribution >= 0.6 is 12.6 Å². The fraction of sp³-hybridized carbons (Fsp3) is 0.526. The van der Waals surface area contributed by atoms with Crippen LogP contribution in [0.25, 0.3) is 0 Å². The van der Waals surface area contributed by atoms with E-state index in [2.05, 4.69) is 43.5 Å². The molecule has 1 aromatic rings. The highest BCUT2D eigenvalue weighted by atomic mass is 32.1. The number of aromatic nitrogens is 2. The zero-order valence-corrected chi connectivity index (χ0v) is 20.1. The Kier molecular flexibility index (Phi) is 12.7. The molecule has 0 aliphatic heterocycles. The second kappa shape index (κ2) is 15.2. The van der Waals surface area contributed by atoms with Crippen molar-refractivity contribution in [1.29, 1.82) is 0 Å². The molecule has 1 heterocycles. The van der Waals surface area contributed by atoms with E-state index in [1.807, 2.05) is 0 Å². The monoisotopic (exact) mass is 529 g/mol. The van der Waals surface area contributed by atoms with E-state index in [4.69, 9.17) is 22.3 Å². The fourth-order valence-corrected chi connectivity index (χ4v) is 3.14. The van der Waals surface area contributed by atoms with Gasteiger partial charge in [0.2, 0.25) is 17.7 Å². The molecule has 17 heteroatoms. The first-order valence-corrected chi connectivity index (χ1v) is 11.3. The van der Waals surface area contributed by atoms with E-state index in [-0.39, 0.29) is 37.5 Å². The standard InChI is InChI=1S/C19H31N9O7S/c20-10(5-14(29)30)15(31)26-11(2-1-3-24-19(21)22)16(32)28-13(7-36)17(33)27-12(18(34)35)4-9-6-23-8-25-9/h6,8,10-13,36H,1-5,7,20H2,(H,23,25)(H,26,31)(H,27,33)(H,28,32)(H,29,30)(H,34,35)(H4,21,22,24). The van der Waals surface area contributed by atoms with Gasteiger partial charge >= 0.3 is 11.9 Å². The number of nitrogens with two attached hydrogens (primary N) is 3. The van der Waals surface area contributed by atoms with Crippen LogP contribution in [-0.2, 0) is 30.4 Å². The largest absolute Gasteiger partial charge is 0.481 e. The number of H-pyrrole nitrogens is 1. The summed E-state index contributed by atoms with van der Waals surface area (Å²) >= 11 is 4.05. The van der Waals surface area contributed by atoms with Gasteiger partial charge in [-0.25, -0.2) is 9.78 Å². The molecule has 0 aliphatic carbocycles. The number of hydrogen-bond acceptors (Lipinski definition) is 9. The third kappa shape index (κ3) is 11.0. The van der Waals surface area contributed by atoms with Gasteiger partial charge < -0.3 is 48.3 Å². The highest BCUT2D eigenvalue weighted by Crippen LogP contribution is 2.04. The lowest BCUT2D eigenvalue weighted by atomic mass is 10.1. The number of guanidine groups is 1. The molecule has 0 saturated heterocycles. The SMILES string of the molecule is NC(N)=NCCCC(NC(=O)C(N)CC(=O)O)C(=O)NC(CS)C(=O)NC(Cc1cnc[nH]1)C(=O)O. The molecule has 3 amide bonds. The van der Waals surface area contributed by atoms with Gasteiger partial charge in [-0.2, -0.15) is 12.6 Å². The Morgan fingerprint density at radius 3 is 2.17 bits per heavy atom. The van der Waals surface area contributed by atoms with Crippen molar-refractivity contribution in [3.63, 3.8) is 0 Å². The number of hydrogen-bond donors (Lipinski definition) is 10. The molecule has 0 aromatic carbocycles. The van der Waals surface area contributed by atoms with Crippen LogP contribution in [-0.4, -0.2) is 92.3 Å². The molecule has 12 N–H and O–H groups in total. The highest BCUT2D eigenvalue weighted by molar-refractivity contribution is 7.80. The average Bonchev–Trinajstić information content (AvgIpc) is 3.31. The van der Waals surface area contributed by atoms with E-state index in [1.54, 1.807) is 0 Å². The van der Waals surface area contributed by atoms with E-state index >= 15 is 0 Å². The normalized spacial score (nSPS) is 13.9. The van der Waals surface area contributed by atoms with Gasteiger partial charge in [0.25, 0.3) is 0 Å². The van der Waals surface area contributed by atoms with E-state index in [0.29, 0.717) is 5.69 Å². The zero-order valence-electron chi connectivity index (χ0n) is 19.2. The van der Waals surface area contributed by atoms with Crippen LogP contribution in [0, 0.1) is 0 Å². The van der Waals surface area contributed by atoms with Gasteiger partial charge in [0.05, 0.1) is 18.8 Å². The number of aliphatic carboxylic acids is 2.